The van der Waals surface area contributed by atoms with Gasteiger partial charge in [0, 0.05) is 21.6 Å². The molecule has 0 radical (unpaired) electrons. The van der Waals surface area contributed by atoms with Crippen molar-refractivity contribution in [3.05, 3.63) is 193 Å². The highest BCUT2D eigenvalue weighted by Gasteiger charge is 2.36. The van der Waals surface area contributed by atoms with E-state index in [9.17, 15) is 0 Å². The fraction of sp³-hybridized carbons (Fsp3) is 0.0526. The highest BCUT2D eigenvalue weighted by Crippen LogP contribution is 2.52. The van der Waals surface area contributed by atoms with Crippen LogP contribution in [0.1, 0.15) is 25.0 Å². The zero-order valence-electron chi connectivity index (χ0n) is 32.6. The molecular weight excluding hydrogens is 717 g/mol. The average molecular weight is 753 g/mol. The first-order valence-electron chi connectivity index (χ1n) is 20.5. The number of rotatable bonds is 3. The van der Waals surface area contributed by atoms with Crippen LogP contribution in [0.15, 0.2) is 191 Å². The van der Waals surface area contributed by atoms with Gasteiger partial charge in [0.15, 0.2) is 0 Å². The number of hydrogen-bond donors (Lipinski definition) is 0. The van der Waals surface area contributed by atoms with Gasteiger partial charge in [-0.1, -0.05) is 153 Å². The first kappa shape index (κ1) is 32.6. The number of benzene rings is 10. The Hall–Kier alpha value is -7.42. The van der Waals surface area contributed by atoms with E-state index in [1.165, 1.54) is 82.4 Å². The van der Waals surface area contributed by atoms with E-state index in [0.717, 1.165) is 49.4 Å². The van der Waals surface area contributed by atoms with Gasteiger partial charge in [-0.15, -0.1) is 0 Å². The molecule has 0 amide bonds. The second-order valence-corrected chi connectivity index (χ2v) is 16.7. The van der Waals surface area contributed by atoms with Gasteiger partial charge in [0.1, 0.15) is 22.3 Å². The lowest BCUT2D eigenvalue weighted by Gasteiger charge is -2.23. The Morgan fingerprint density at radius 2 is 0.932 bits per heavy atom. The van der Waals surface area contributed by atoms with Crippen molar-refractivity contribution in [2.24, 2.45) is 0 Å². The van der Waals surface area contributed by atoms with Gasteiger partial charge in [-0.05, 0) is 130 Å². The van der Waals surface area contributed by atoms with Gasteiger partial charge in [0.05, 0.1) is 5.39 Å². The normalized spacial score (nSPS) is 13.4. The Bertz CT molecular complexity index is 3690. The quantitative estimate of drug-likeness (QED) is 0.168. The van der Waals surface area contributed by atoms with Crippen LogP contribution < -0.4 is 0 Å². The molecule has 0 spiro atoms. The maximum atomic E-state index is 6.60. The van der Waals surface area contributed by atoms with Crippen molar-refractivity contribution in [3.8, 4) is 44.5 Å². The number of fused-ring (bicyclic) bond motifs is 14. The van der Waals surface area contributed by atoms with Gasteiger partial charge in [-0.3, -0.25) is 0 Å². The summed E-state index contributed by atoms with van der Waals surface area (Å²) in [6.45, 7) is 4.75. The highest BCUT2D eigenvalue weighted by molar-refractivity contribution is 6.27. The van der Waals surface area contributed by atoms with Gasteiger partial charge in [-0.25, -0.2) is 0 Å². The van der Waals surface area contributed by atoms with Crippen LogP contribution in [0.4, 0.5) is 0 Å². The highest BCUT2D eigenvalue weighted by atomic mass is 16.3. The van der Waals surface area contributed by atoms with E-state index in [-0.39, 0.29) is 5.41 Å². The molecule has 0 bridgehead atoms. The summed E-state index contributed by atoms with van der Waals surface area (Å²) in [4.78, 5) is 0. The Morgan fingerprint density at radius 3 is 1.69 bits per heavy atom. The van der Waals surface area contributed by atoms with Crippen LogP contribution >= 0.6 is 0 Å². The van der Waals surface area contributed by atoms with Gasteiger partial charge in [0.25, 0.3) is 0 Å². The van der Waals surface area contributed by atoms with Crippen molar-refractivity contribution < 1.29 is 8.83 Å². The summed E-state index contributed by atoms with van der Waals surface area (Å²) in [6.07, 6.45) is 0. The van der Waals surface area contributed by atoms with Crippen molar-refractivity contribution in [3.63, 3.8) is 0 Å². The van der Waals surface area contributed by atoms with Crippen LogP contribution in [0.3, 0.4) is 0 Å². The van der Waals surface area contributed by atoms with Crippen LogP contribution in [-0.4, -0.2) is 0 Å². The first-order chi connectivity index (χ1) is 29.0. The van der Waals surface area contributed by atoms with Crippen molar-refractivity contribution in [1.82, 2.24) is 0 Å². The van der Waals surface area contributed by atoms with Gasteiger partial charge in [0.2, 0.25) is 0 Å². The minimum atomic E-state index is -0.166. The molecular formula is C57H36O2. The maximum Gasteiger partial charge on any atom is 0.147 e. The second-order valence-electron chi connectivity index (χ2n) is 16.7. The van der Waals surface area contributed by atoms with E-state index < -0.39 is 0 Å². The van der Waals surface area contributed by atoms with Crippen molar-refractivity contribution >= 4 is 76.2 Å². The van der Waals surface area contributed by atoms with E-state index in [4.69, 9.17) is 8.83 Å². The standard InChI is InChI=1S/C57H36O2/c1-57(2)47-27-22-35(36-20-25-44-51(32-36)58-50-29-26-45-54-38-15-7-6-12-33(38)23-28-49(54)59-56(45)55(44)50)30-46(47)39-24-21-37(31-48(39)57)53-42-18-10-8-16-40(42)52(34-13-4-3-5-14-34)41-17-9-11-19-43(41)53/h3-32H,1-2H3. The van der Waals surface area contributed by atoms with E-state index in [1.807, 2.05) is 0 Å². The summed E-state index contributed by atoms with van der Waals surface area (Å²) in [6, 6.07) is 66.5. The van der Waals surface area contributed by atoms with Crippen molar-refractivity contribution in [2.75, 3.05) is 0 Å². The Morgan fingerprint density at radius 1 is 0.339 bits per heavy atom. The molecule has 0 N–H and O–H groups in total. The van der Waals surface area contributed by atoms with Gasteiger partial charge >= 0.3 is 0 Å². The van der Waals surface area contributed by atoms with Crippen molar-refractivity contribution in [1.29, 1.82) is 0 Å². The molecule has 59 heavy (non-hydrogen) atoms. The minimum absolute atomic E-state index is 0.166. The molecule has 2 aromatic heterocycles. The third-order valence-corrected chi connectivity index (χ3v) is 13.3. The van der Waals surface area contributed by atoms with Crippen LogP contribution in [0.2, 0.25) is 0 Å². The van der Waals surface area contributed by atoms with E-state index >= 15 is 0 Å². The number of hydrogen-bond acceptors (Lipinski definition) is 2. The molecule has 2 nitrogen and oxygen atoms in total. The second kappa shape index (κ2) is 11.8. The molecule has 1 aliphatic rings. The molecule has 2 heterocycles. The van der Waals surface area contributed by atoms with Crippen LogP contribution in [-0.2, 0) is 5.41 Å². The van der Waals surface area contributed by atoms with E-state index in [1.54, 1.807) is 0 Å². The SMILES string of the molecule is CC1(C)c2ccc(-c3ccc4c(c3)oc3ccc5c(oc6ccc7ccccc7c65)c34)cc2-c2ccc(-c3c4ccccc4c(-c4ccccc4)c4ccccc34)cc21. The molecule has 0 saturated heterocycles. The molecule has 2 heteroatoms. The molecule has 0 atom stereocenters. The maximum absolute atomic E-state index is 6.60. The Kier molecular flexibility index (Phi) is 6.54. The average Bonchev–Trinajstić information content (AvgIpc) is 3.92. The molecule has 1 aliphatic carbocycles. The van der Waals surface area contributed by atoms with Crippen molar-refractivity contribution in [2.45, 2.75) is 19.3 Å². The molecule has 10 aromatic carbocycles. The number of furan rings is 2. The zero-order chi connectivity index (χ0) is 39.0. The first-order valence-corrected chi connectivity index (χ1v) is 20.5. The third-order valence-electron chi connectivity index (χ3n) is 13.3. The van der Waals surface area contributed by atoms with Gasteiger partial charge in [-0.2, -0.15) is 0 Å². The largest absolute Gasteiger partial charge is 0.456 e. The lowest BCUT2D eigenvalue weighted by atomic mass is 9.80. The smallest absolute Gasteiger partial charge is 0.147 e. The monoisotopic (exact) mass is 752 g/mol. The van der Waals surface area contributed by atoms with Crippen LogP contribution in [0.25, 0.3) is 121 Å². The Labute approximate surface area is 340 Å². The van der Waals surface area contributed by atoms with Crippen LogP contribution in [0.5, 0.6) is 0 Å². The zero-order valence-corrected chi connectivity index (χ0v) is 32.6. The molecule has 0 aliphatic heterocycles. The predicted molar refractivity (Wildman–Crippen MR) is 247 cm³/mol. The summed E-state index contributed by atoms with van der Waals surface area (Å²) >= 11 is 0. The van der Waals surface area contributed by atoms with E-state index in [0.29, 0.717) is 0 Å². The summed E-state index contributed by atoms with van der Waals surface area (Å²) in [5, 5.41) is 11.9. The third kappa shape index (κ3) is 4.52. The van der Waals surface area contributed by atoms with Gasteiger partial charge < -0.3 is 8.83 Å². The minimum Gasteiger partial charge on any atom is -0.456 e. The van der Waals surface area contributed by atoms with Crippen LogP contribution in [0, 0.1) is 0 Å². The summed E-state index contributed by atoms with van der Waals surface area (Å²) in [5.41, 5.74) is 16.0. The molecule has 276 valence electrons. The Balaban J connectivity index is 0.939. The van der Waals surface area contributed by atoms with E-state index in [2.05, 4.69) is 196 Å². The fourth-order valence-electron chi connectivity index (χ4n) is 10.5. The molecule has 0 fully saturated rings. The topological polar surface area (TPSA) is 26.3 Å². The predicted octanol–water partition coefficient (Wildman–Crippen LogP) is 16.3. The summed E-state index contributed by atoms with van der Waals surface area (Å²) in [5.74, 6) is 0. The molecule has 13 rings (SSSR count). The molecule has 0 saturated carbocycles. The lowest BCUT2D eigenvalue weighted by Crippen LogP contribution is -2.15. The molecule has 0 unspecified atom stereocenters. The lowest BCUT2D eigenvalue weighted by molar-refractivity contribution is 0.660. The molecule has 12 aromatic rings. The summed E-state index contributed by atoms with van der Waals surface area (Å²) < 4.78 is 13.2. The fourth-order valence-corrected chi connectivity index (χ4v) is 10.5. The summed E-state index contributed by atoms with van der Waals surface area (Å²) in [7, 11) is 0.